The van der Waals surface area contributed by atoms with Crippen LogP contribution in [0, 0.1) is 0 Å². The van der Waals surface area contributed by atoms with E-state index in [0.29, 0.717) is 0 Å². The summed E-state index contributed by atoms with van der Waals surface area (Å²) in [6.07, 6.45) is 18.9. The molecule has 0 nitrogen and oxygen atoms in total. The quantitative estimate of drug-likeness (QED) is 0.258. The third-order valence-corrected chi connectivity index (χ3v) is 6.61. The highest BCUT2D eigenvalue weighted by Crippen LogP contribution is 2.47. The van der Waals surface area contributed by atoms with E-state index >= 15 is 0 Å². The molecule has 2 atom stereocenters. The molecule has 2 heteroatoms. The minimum absolute atomic E-state index is 0.466. The lowest BCUT2D eigenvalue weighted by Gasteiger charge is -2.41. The average Bonchev–Trinajstić information content (AvgIpc) is 2.49. The van der Waals surface area contributed by atoms with Gasteiger partial charge in [0.05, 0.1) is 9.75 Å². The molecule has 0 spiro atoms. The second-order valence-corrected chi connectivity index (χ2v) is 9.05. The molecule has 0 aliphatic heterocycles. The molecule has 23 heavy (non-hydrogen) atoms. The fourth-order valence-corrected chi connectivity index (χ4v) is 3.91. The molecular weight excluding hydrogens is 323 g/mol. The summed E-state index contributed by atoms with van der Waals surface area (Å²) in [5.41, 5.74) is 2.63. The Morgan fingerprint density at radius 3 is 1.83 bits per heavy atom. The van der Waals surface area contributed by atoms with Gasteiger partial charge in [0.2, 0.25) is 0 Å². The molecule has 1 aliphatic carbocycles. The van der Waals surface area contributed by atoms with Crippen LogP contribution in [0.2, 0.25) is 0 Å². The Morgan fingerprint density at radius 1 is 0.826 bits per heavy atom. The molecule has 0 radical (unpaired) electrons. The van der Waals surface area contributed by atoms with Gasteiger partial charge in [-0.3, -0.25) is 0 Å². The van der Waals surface area contributed by atoms with Gasteiger partial charge in [-0.1, -0.05) is 82.4 Å². The van der Waals surface area contributed by atoms with E-state index in [9.17, 15) is 0 Å². The van der Waals surface area contributed by atoms with Gasteiger partial charge in [0.25, 0.3) is 0 Å². The Labute approximate surface area is 154 Å². The molecule has 1 aliphatic rings. The van der Waals surface area contributed by atoms with Crippen LogP contribution in [0.4, 0.5) is 0 Å². The van der Waals surface area contributed by atoms with Crippen molar-refractivity contribution in [3.63, 3.8) is 0 Å². The van der Waals surface area contributed by atoms with Gasteiger partial charge in [0, 0.05) is 0 Å². The van der Waals surface area contributed by atoms with Crippen molar-refractivity contribution in [2.24, 2.45) is 0 Å². The second kappa shape index (κ2) is 10.1. The molecule has 0 heterocycles. The summed E-state index contributed by atoms with van der Waals surface area (Å²) >= 11 is 13.4. The molecular formula is C21H36Cl2. The fraction of sp³-hybridized carbons (Fsp3) is 0.810. The number of unbranched alkanes of at least 4 members (excludes halogenated alkanes) is 9. The third-order valence-electron chi connectivity index (χ3n) is 5.39. The van der Waals surface area contributed by atoms with E-state index in [4.69, 9.17) is 23.2 Å². The van der Waals surface area contributed by atoms with Crippen molar-refractivity contribution in [3.05, 3.63) is 23.3 Å². The number of rotatable bonds is 11. The molecule has 0 fully saturated rings. The van der Waals surface area contributed by atoms with Gasteiger partial charge in [0.1, 0.15) is 0 Å². The van der Waals surface area contributed by atoms with E-state index in [0.717, 1.165) is 6.42 Å². The third kappa shape index (κ3) is 6.46. The maximum absolute atomic E-state index is 6.81. The Hall–Kier alpha value is 0.0600. The van der Waals surface area contributed by atoms with Crippen LogP contribution in [0.1, 0.15) is 98.3 Å². The summed E-state index contributed by atoms with van der Waals surface area (Å²) in [4.78, 5) is -0.950. The van der Waals surface area contributed by atoms with Crippen LogP contribution in [0.25, 0.3) is 0 Å². The molecule has 134 valence electrons. The van der Waals surface area contributed by atoms with Gasteiger partial charge in [-0.2, -0.15) is 0 Å². The van der Waals surface area contributed by atoms with Crippen LogP contribution in [0.5, 0.6) is 0 Å². The molecule has 1 rings (SSSR count). The smallest absolute Gasteiger partial charge is 0.0856 e. The summed E-state index contributed by atoms with van der Waals surface area (Å²) < 4.78 is 0. The maximum Gasteiger partial charge on any atom is 0.0856 e. The van der Waals surface area contributed by atoms with Crippen molar-refractivity contribution in [2.45, 2.75) is 108 Å². The first kappa shape index (κ1) is 21.1. The molecule has 2 unspecified atom stereocenters. The van der Waals surface area contributed by atoms with Crippen molar-refractivity contribution in [1.82, 2.24) is 0 Å². The molecule has 0 aromatic carbocycles. The summed E-state index contributed by atoms with van der Waals surface area (Å²) in [5.74, 6) is 0. The van der Waals surface area contributed by atoms with Crippen LogP contribution in [0.15, 0.2) is 23.3 Å². The lowest BCUT2D eigenvalue weighted by atomic mass is 9.78. The van der Waals surface area contributed by atoms with Crippen molar-refractivity contribution in [3.8, 4) is 0 Å². The first-order valence-corrected chi connectivity index (χ1v) is 10.4. The largest absolute Gasteiger partial charge is 0.113 e. The number of halogens is 2. The van der Waals surface area contributed by atoms with E-state index in [1.807, 2.05) is 13.0 Å². The lowest BCUT2D eigenvalue weighted by Crippen LogP contribution is -2.43. The summed E-state index contributed by atoms with van der Waals surface area (Å²) in [7, 11) is 0. The Bertz CT molecular complexity index is 402. The Balaban J connectivity index is 2.21. The standard InChI is InChI=1S/C21H36Cl2/c1-5-6-7-8-9-10-11-12-13-14-15-19-18(2)16-17-20(3,22)21(19,4)23/h16-17H,5-15H2,1-4H3. The average molecular weight is 359 g/mol. The highest BCUT2D eigenvalue weighted by atomic mass is 35.5. The number of allylic oxidation sites excluding steroid dienone is 4. The summed E-state index contributed by atoms with van der Waals surface area (Å²) in [5, 5.41) is 0. The number of alkyl halides is 2. The van der Waals surface area contributed by atoms with Crippen LogP contribution in [0.3, 0.4) is 0 Å². The van der Waals surface area contributed by atoms with Crippen LogP contribution < -0.4 is 0 Å². The highest BCUT2D eigenvalue weighted by Gasteiger charge is 2.44. The van der Waals surface area contributed by atoms with E-state index in [2.05, 4.69) is 26.8 Å². The molecule has 0 aromatic rings. The molecule has 0 N–H and O–H groups in total. The number of hydrogen-bond donors (Lipinski definition) is 0. The first-order valence-electron chi connectivity index (χ1n) is 9.60. The molecule has 0 amide bonds. The van der Waals surface area contributed by atoms with E-state index in [1.165, 1.54) is 75.4 Å². The van der Waals surface area contributed by atoms with Crippen molar-refractivity contribution < 1.29 is 0 Å². The van der Waals surface area contributed by atoms with Gasteiger partial charge in [-0.15, -0.1) is 23.2 Å². The fourth-order valence-electron chi connectivity index (χ4n) is 3.43. The van der Waals surface area contributed by atoms with Crippen molar-refractivity contribution in [1.29, 1.82) is 0 Å². The van der Waals surface area contributed by atoms with Crippen LogP contribution in [-0.2, 0) is 0 Å². The SMILES string of the molecule is CCCCCCCCCCCCC1=C(C)C=CC(C)(Cl)C1(C)Cl. The zero-order chi connectivity index (χ0) is 17.3. The van der Waals surface area contributed by atoms with Gasteiger partial charge in [-0.25, -0.2) is 0 Å². The molecule has 0 aromatic heterocycles. The second-order valence-electron chi connectivity index (χ2n) is 7.51. The molecule has 0 bridgehead atoms. The van der Waals surface area contributed by atoms with E-state index in [-0.39, 0.29) is 0 Å². The van der Waals surface area contributed by atoms with Gasteiger partial charge in [-0.05, 0) is 39.2 Å². The Morgan fingerprint density at radius 2 is 1.30 bits per heavy atom. The predicted octanol–water partition coefficient (Wildman–Crippen LogP) is 8.18. The van der Waals surface area contributed by atoms with Crippen molar-refractivity contribution >= 4 is 23.2 Å². The van der Waals surface area contributed by atoms with Crippen molar-refractivity contribution in [2.75, 3.05) is 0 Å². The lowest BCUT2D eigenvalue weighted by molar-refractivity contribution is 0.531. The zero-order valence-electron chi connectivity index (χ0n) is 15.7. The predicted molar refractivity (Wildman–Crippen MR) is 107 cm³/mol. The molecule has 0 saturated heterocycles. The van der Waals surface area contributed by atoms with Crippen LogP contribution >= 0.6 is 23.2 Å². The Kier molecular flexibility index (Phi) is 9.31. The number of hydrogen-bond acceptors (Lipinski definition) is 0. The minimum atomic E-state index is -0.484. The highest BCUT2D eigenvalue weighted by molar-refractivity contribution is 6.37. The normalized spacial score (nSPS) is 27.7. The minimum Gasteiger partial charge on any atom is -0.113 e. The summed E-state index contributed by atoms with van der Waals surface area (Å²) in [6, 6.07) is 0. The first-order chi connectivity index (χ1) is 10.8. The van der Waals surface area contributed by atoms with Gasteiger partial charge < -0.3 is 0 Å². The topological polar surface area (TPSA) is 0 Å². The van der Waals surface area contributed by atoms with Gasteiger partial charge >= 0.3 is 0 Å². The van der Waals surface area contributed by atoms with E-state index < -0.39 is 9.75 Å². The molecule has 0 saturated carbocycles. The summed E-state index contributed by atoms with van der Waals surface area (Å²) in [6.45, 7) is 8.52. The monoisotopic (exact) mass is 358 g/mol. The maximum atomic E-state index is 6.81. The van der Waals surface area contributed by atoms with Gasteiger partial charge in [0.15, 0.2) is 0 Å². The van der Waals surface area contributed by atoms with Crippen LogP contribution in [-0.4, -0.2) is 9.75 Å². The zero-order valence-corrected chi connectivity index (χ0v) is 17.2. The van der Waals surface area contributed by atoms with E-state index in [1.54, 1.807) is 0 Å².